The number of halogens is 4. The quantitative estimate of drug-likeness (QED) is 0.234. The molecule has 0 atom stereocenters. The lowest BCUT2D eigenvalue weighted by molar-refractivity contribution is -0.385. The third kappa shape index (κ3) is 4.64. The van der Waals surface area contributed by atoms with E-state index in [0.717, 1.165) is 22.0 Å². The van der Waals surface area contributed by atoms with Crippen LogP contribution in [0.2, 0.25) is 0 Å². The summed E-state index contributed by atoms with van der Waals surface area (Å²) in [5, 5.41) is 10.9. The van der Waals surface area contributed by atoms with Crippen LogP contribution in [-0.2, 0) is 6.61 Å². The molecule has 21 heavy (non-hydrogen) atoms. The van der Waals surface area contributed by atoms with Crippen molar-refractivity contribution in [1.82, 2.24) is 0 Å². The zero-order valence-electron chi connectivity index (χ0n) is 10.3. The third-order valence-electron chi connectivity index (χ3n) is 2.55. The average Bonchev–Trinajstić information content (AvgIpc) is 2.38. The molecular formula is C13H7BrI3NO3. The Morgan fingerprint density at radius 1 is 1.14 bits per heavy atom. The monoisotopic (exact) mass is 685 g/mol. The summed E-state index contributed by atoms with van der Waals surface area (Å²) >= 11 is 9.88. The molecule has 0 saturated carbocycles. The van der Waals surface area contributed by atoms with Crippen LogP contribution < -0.4 is 4.74 Å². The van der Waals surface area contributed by atoms with E-state index in [1.165, 1.54) is 6.07 Å². The predicted molar refractivity (Wildman–Crippen MR) is 110 cm³/mol. The maximum absolute atomic E-state index is 10.9. The van der Waals surface area contributed by atoms with Crippen LogP contribution in [0.5, 0.6) is 5.75 Å². The van der Waals surface area contributed by atoms with Crippen molar-refractivity contribution in [2.75, 3.05) is 0 Å². The fraction of sp³-hybridized carbons (Fsp3) is 0.0769. The van der Waals surface area contributed by atoms with Gasteiger partial charge in [-0.1, -0.05) is 6.07 Å². The highest BCUT2D eigenvalue weighted by molar-refractivity contribution is 14.1. The van der Waals surface area contributed by atoms with Crippen molar-refractivity contribution in [3.05, 3.63) is 61.2 Å². The van der Waals surface area contributed by atoms with E-state index in [4.69, 9.17) is 4.74 Å². The van der Waals surface area contributed by atoms with Crippen LogP contribution in [0.3, 0.4) is 0 Å². The van der Waals surface area contributed by atoms with Crippen molar-refractivity contribution >= 4 is 89.4 Å². The molecule has 2 aromatic carbocycles. The first-order chi connectivity index (χ1) is 9.88. The molecule has 0 bridgehead atoms. The Labute approximate surface area is 170 Å². The molecule has 110 valence electrons. The number of nitro benzene ring substituents is 1. The topological polar surface area (TPSA) is 52.4 Å². The van der Waals surface area contributed by atoms with E-state index in [1.54, 1.807) is 6.07 Å². The molecule has 0 aliphatic carbocycles. The third-order valence-corrected chi connectivity index (χ3v) is 5.45. The number of rotatable bonds is 4. The van der Waals surface area contributed by atoms with Crippen LogP contribution in [-0.4, -0.2) is 4.92 Å². The van der Waals surface area contributed by atoms with Crippen molar-refractivity contribution < 1.29 is 9.66 Å². The first-order valence-corrected chi connectivity index (χ1v) is 9.61. The number of nitro groups is 1. The van der Waals surface area contributed by atoms with Gasteiger partial charge in [0.1, 0.15) is 12.4 Å². The molecule has 0 aliphatic heterocycles. The Hall–Kier alpha value is 0.310. The number of hydrogen-bond donors (Lipinski definition) is 0. The van der Waals surface area contributed by atoms with Gasteiger partial charge in [0.2, 0.25) is 0 Å². The van der Waals surface area contributed by atoms with Gasteiger partial charge in [-0.2, -0.15) is 0 Å². The predicted octanol–water partition coefficient (Wildman–Crippen LogP) is 5.75. The second-order valence-corrected chi connectivity index (χ2v) is 8.45. The fourth-order valence-electron chi connectivity index (χ4n) is 1.61. The minimum absolute atomic E-state index is 0.0445. The average molecular weight is 686 g/mol. The van der Waals surface area contributed by atoms with E-state index in [-0.39, 0.29) is 5.69 Å². The van der Waals surface area contributed by atoms with Gasteiger partial charge in [0.25, 0.3) is 5.69 Å². The highest BCUT2D eigenvalue weighted by Crippen LogP contribution is 2.31. The smallest absolute Gasteiger partial charge is 0.283 e. The number of ether oxygens (including phenoxy) is 1. The van der Waals surface area contributed by atoms with Crippen LogP contribution in [0.1, 0.15) is 5.56 Å². The molecule has 0 N–H and O–H groups in total. The van der Waals surface area contributed by atoms with E-state index in [9.17, 15) is 10.1 Å². The van der Waals surface area contributed by atoms with E-state index in [0.29, 0.717) is 11.1 Å². The van der Waals surface area contributed by atoms with Crippen molar-refractivity contribution in [3.63, 3.8) is 0 Å². The molecule has 0 aliphatic rings. The molecule has 0 amide bonds. The minimum atomic E-state index is -0.411. The zero-order chi connectivity index (χ0) is 15.6. The Bertz CT molecular complexity index is 686. The molecule has 0 spiro atoms. The number of nitrogens with zero attached hydrogens (tertiary/aromatic N) is 1. The van der Waals surface area contributed by atoms with E-state index < -0.39 is 4.92 Å². The van der Waals surface area contributed by atoms with Gasteiger partial charge in [-0.3, -0.25) is 10.1 Å². The van der Waals surface area contributed by atoms with Crippen molar-refractivity contribution in [2.45, 2.75) is 6.61 Å². The van der Waals surface area contributed by atoms with Gasteiger partial charge in [-0.15, -0.1) is 0 Å². The molecule has 0 fully saturated rings. The Kier molecular flexibility index (Phi) is 6.50. The normalized spacial score (nSPS) is 10.5. The lowest BCUT2D eigenvalue weighted by Crippen LogP contribution is -2.00. The lowest BCUT2D eigenvalue weighted by Gasteiger charge is -2.11. The van der Waals surface area contributed by atoms with E-state index in [2.05, 4.69) is 83.7 Å². The molecule has 0 heterocycles. The Balaban J connectivity index is 2.21. The number of benzene rings is 2. The maximum Gasteiger partial charge on any atom is 0.283 e. The molecule has 8 heteroatoms. The first kappa shape index (κ1) is 17.7. The summed E-state index contributed by atoms with van der Waals surface area (Å²) < 4.78 is 9.49. The summed E-state index contributed by atoms with van der Waals surface area (Å²) in [6.45, 7) is 0.292. The van der Waals surface area contributed by atoms with Gasteiger partial charge >= 0.3 is 0 Å². The van der Waals surface area contributed by atoms with Crippen LogP contribution in [0.25, 0.3) is 0 Å². The molecule has 2 aromatic rings. The summed E-state index contributed by atoms with van der Waals surface area (Å²) in [6.07, 6.45) is 0. The maximum atomic E-state index is 10.9. The molecule has 0 saturated heterocycles. The van der Waals surface area contributed by atoms with Gasteiger partial charge in [-0.05, 0) is 107 Å². The van der Waals surface area contributed by atoms with Crippen molar-refractivity contribution in [1.29, 1.82) is 0 Å². The second-order valence-electron chi connectivity index (χ2n) is 4.03. The van der Waals surface area contributed by atoms with Gasteiger partial charge in [0.05, 0.1) is 16.5 Å². The molecular weight excluding hydrogens is 679 g/mol. The molecule has 0 radical (unpaired) electrons. The highest BCUT2D eigenvalue weighted by atomic mass is 127. The highest BCUT2D eigenvalue weighted by Gasteiger charge is 2.13. The van der Waals surface area contributed by atoms with E-state index in [1.807, 2.05) is 18.2 Å². The van der Waals surface area contributed by atoms with Gasteiger partial charge in [-0.25, -0.2) is 0 Å². The number of hydrogen-bond acceptors (Lipinski definition) is 3. The van der Waals surface area contributed by atoms with Gasteiger partial charge in [0.15, 0.2) is 0 Å². The van der Waals surface area contributed by atoms with Crippen LogP contribution in [0.15, 0.2) is 34.8 Å². The minimum Gasteiger partial charge on any atom is -0.487 e. The summed E-state index contributed by atoms with van der Waals surface area (Å²) in [5.74, 6) is 0.808. The van der Waals surface area contributed by atoms with Crippen LogP contribution in [0, 0.1) is 20.8 Å². The molecule has 0 aromatic heterocycles. The summed E-state index contributed by atoms with van der Waals surface area (Å²) in [7, 11) is 0. The fourth-order valence-corrected chi connectivity index (χ4v) is 5.90. The van der Waals surface area contributed by atoms with Crippen LogP contribution >= 0.6 is 83.7 Å². The van der Waals surface area contributed by atoms with Crippen LogP contribution in [0.4, 0.5) is 5.69 Å². The van der Waals surface area contributed by atoms with E-state index >= 15 is 0 Å². The molecule has 0 unspecified atom stereocenters. The largest absolute Gasteiger partial charge is 0.487 e. The summed E-state index contributed by atoms with van der Waals surface area (Å²) in [5.41, 5.74) is 0.804. The van der Waals surface area contributed by atoms with Gasteiger partial charge < -0.3 is 4.74 Å². The molecule has 4 nitrogen and oxygen atoms in total. The van der Waals surface area contributed by atoms with Crippen molar-refractivity contribution in [2.24, 2.45) is 0 Å². The lowest BCUT2D eigenvalue weighted by atomic mass is 10.2. The van der Waals surface area contributed by atoms with Gasteiger partial charge in [0, 0.05) is 9.64 Å². The SMILES string of the molecule is O=[N+]([O-])c1cc(COc2c(I)cc(I)cc2I)ccc1Br. The second kappa shape index (κ2) is 7.73. The Morgan fingerprint density at radius 2 is 1.76 bits per heavy atom. The Morgan fingerprint density at radius 3 is 2.33 bits per heavy atom. The molecule has 2 rings (SSSR count). The van der Waals surface area contributed by atoms with Crippen molar-refractivity contribution in [3.8, 4) is 5.75 Å². The zero-order valence-corrected chi connectivity index (χ0v) is 18.3. The first-order valence-electron chi connectivity index (χ1n) is 5.58. The summed E-state index contributed by atoms with van der Waals surface area (Å²) in [6, 6.07) is 9.06. The summed E-state index contributed by atoms with van der Waals surface area (Å²) in [4.78, 5) is 10.5. The standard InChI is InChI=1S/C13H7BrI3NO3/c14-9-2-1-7(3-12(9)18(19)20)6-21-13-10(16)4-8(15)5-11(13)17/h1-5H,6H2.